The molecule has 0 unspecified atom stereocenters. The Kier molecular flexibility index (Phi) is 4.38. The SMILES string of the molecule is Cc1cc(NC(=O)[C@@H](C)Sc2n[nH]c(-c3ccncc3)n2)no1. The van der Waals surface area contributed by atoms with Gasteiger partial charge < -0.3 is 9.84 Å². The fraction of sp³-hybridized carbons (Fsp3) is 0.214. The maximum Gasteiger partial charge on any atom is 0.238 e. The van der Waals surface area contributed by atoms with E-state index in [9.17, 15) is 4.79 Å². The van der Waals surface area contributed by atoms with E-state index in [1.165, 1.54) is 11.8 Å². The number of anilines is 1. The van der Waals surface area contributed by atoms with Crippen LogP contribution in [0.3, 0.4) is 0 Å². The van der Waals surface area contributed by atoms with E-state index < -0.39 is 0 Å². The van der Waals surface area contributed by atoms with Gasteiger partial charge in [-0.2, -0.15) is 0 Å². The van der Waals surface area contributed by atoms with E-state index in [2.05, 4.69) is 30.6 Å². The van der Waals surface area contributed by atoms with E-state index in [0.29, 0.717) is 22.6 Å². The lowest BCUT2D eigenvalue weighted by Gasteiger charge is -2.07. The Labute approximate surface area is 136 Å². The molecule has 0 aliphatic carbocycles. The zero-order chi connectivity index (χ0) is 16.2. The quantitative estimate of drug-likeness (QED) is 0.691. The van der Waals surface area contributed by atoms with Crippen LogP contribution in [-0.4, -0.2) is 36.5 Å². The molecular formula is C14H14N6O2S. The van der Waals surface area contributed by atoms with Crippen molar-refractivity contribution in [2.24, 2.45) is 0 Å². The molecule has 0 bridgehead atoms. The predicted molar refractivity (Wildman–Crippen MR) is 84.8 cm³/mol. The van der Waals surface area contributed by atoms with Crippen molar-refractivity contribution in [1.82, 2.24) is 25.3 Å². The summed E-state index contributed by atoms with van der Waals surface area (Å²) in [5, 5.41) is 13.5. The van der Waals surface area contributed by atoms with Gasteiger partial charge in [0.15, 0.2) is 11.6 Å². The number of carbonyl (C=O) groups is 1. The summed E-state index contributed by atoms with van der Waals surface area (Å²) in [6.45, 7) is 3.53. The van der Waals surface area contributed by atoms with Crippen molar-refractivity contribution in [3.8, 4) is 11.4 Å². The van der Waals surface area contributed by atoms with Gasteiger partial charge in [0.25, 0.3) is 0 Å². The van der Waals surface area contributed by atoms with Gasteiger partial charge in [0.05, 0.1) is 5.25 Å². The first kappa shape index (κ1) is 15.2. The molecule has 1 atom stereocenters. The Hall–Kier alpha value is -2.68. The number of carbonyl (C=O) groups excluding carboxylic acids is 1. The second-order valence-electron chi connectivity index (χ2n) is 4.77. The second kappa shape index (κ2) is 6.61. The van der Waals surface area contributed by atoms with Crippen molar-refractivity contribution in [2.45, 2.75) is 24.3 Å². The fourth-order valence-electron chi connectivity index (χ4n) is 1.80. The van der Waals surface area contributed by atoms with Gasteiger partial charge in [-0.05, 0) is 26.0 Å². The van der Waals surface area contributed by atoms with Crippen LogP contribution in [0.25, 0.3) is 11.4 Å². The average molecular weight is 330 g/mol. The summed E-state index contributed by atoms with van der Waals surface area (Å²) in [6.07, 6.45) is 3.36. The van der Waals surface area contributed by atoms with Gasteiger partial charge in [0.1, 0.15) is 5.76 Å². The van der Waals surface area contributed by atoms with E-state index in [1.807, 2.05) is 12.1 Å². The van der Waals surface area contributed by atoms with Crippen LogP contribution in [-0.2, 0) is 4.79 Å². The fourth-order valence-corrected chi connectivity index (χ4v) is 2.53. The Morgan fingerprint density at radius 2 is 2.17 bits per heavy atom. The van der Waals surface area contributed by atoms with Crippen molar-refractivity contribution < 1.29 is 9.32 Å². The molecule has 8 nitrogen and oxygen atoms in total. The number of thioether (sulfide) groups is 1. The standard InChI is InChI=1S/C14H14N6O2S/c1-8-7-11(20-22-8)16-13(21)9(2)23-14-17-12(18-19-14)10-3-5-15-6-4-10/h3-7,9H,1-2H3,(H,16,20,21)(H,17,18,19)/t9-/m1/s1. The highest BCUT2D eigenvalue weighted by atomic mass is 32.2. The average Bonchev–Trinajstić information content (AvgIpc) is 3.17. The molecule has 0 aliphatic rings. The van der Waals surface area contributed by atoms with E-state index in [1.54, 1.807) is 32.3 Å². The smallest absolute Gasteiger partial charge is 0.238 e. The van der Waals surface area contributed by atoms with Gasteiger partial charge >= 0.3 is 0 Å². The van der Waals surface area contributed by atoms with E-state index in [-0.39, 0.29) is 11.2 Å². The van der Waals surface area contributed by atoms with Crippen LogP contribution in [0.2, 0.25) is 0 Å². The zero-order valence-corrected chi connectivity index (χ0v) is 13.3. The molecule has 2 N–H and O–H groups in total. The molecule has 0 radical (unpaired) electrons. The molecule has 118 valence electrons. The molecule has 0 saturated heterocycles. The molecule has 3 aromatic rings. The molecule has 1 amide bonds. The number of hydrogen-bond acceptors (Lipinski definition) is 7. The Balaban J connectivity index is 1.62. The predicted octanol–water partition coefficient (Wildman–Crippen LogP) is 2.28. The first-order valence-electron chi connectivity index (χ1n) is 6.85. The van der Waals surface area contributed by atoms with Crippen LogP contribution < -0.4 is 5.32 Å². The van der Waals surface area contributed by atoms with Gasteiger partial charge in [0, 0.05) is 24.0 Å². The van der Waals surface area contributed by atoms with E-state index in [4.69, 9.17) is 4.52 Å². The number of hydrogen-bond donors (Lipinski definition) is 2. The summed E-state index contributed by atoms with van der Waals surface area (Å²) in [4.78, 5) is 20.4. The Morgan fingerprint density at radius 3 is 2.87 bits per heavy atom. The maximum atomic E-state index is 12.1. The highest BCUT2D eigenvalue weighted by Crippen LogP contribution is 2.23. The van der Waals surface area contributed by atoms with Gasteiger partial charge in [-0.25, -0.2) is 4.98 Å². The number of H-pyrrole nitrogens is 1. The van der Waals surface area contributed by atoms with Crippen LogP contribution in [0.5, 0.6) is 0 Å². The molecule has 0 aliphatic heterocycles. The molecule has 9 heteroatoms. The summed E-state index contributed by atoms with van der Waals surface area (Å²) >= 11 is 1.25. The van der Waals surface area contributed by atoms with Crippen LogP contribution in [0, 0.1) is 6.92 Å². The third kappa shape index (κ3) is 3.75. The number of pyridine rings is 1. The highest BCUT2D eigenvalue weighted by molar-refractivity contribution is 8.00. The van der Waals surface area contributed by atoms with Crippen LogP contribution >= 0.6 is 11.8 Å². The number of rotatable bonds is 5. The number of aryl methyl sites for hydroxylation is 1. The minimum Gasteiger partial charge on any atom is -0.360 e. The van der Waals surface area contributed by atoms with Gasteiger partial charge in [0.2, 0.25) is 11.1 Å². The topological polar surface area (TPSA) is 110 Å². The summed E-state index contributed by atoms with van der Waals surface area (Å²) < 4.78 is 4.91. The Morgan fingerprint density at radius 1 is 1.39 bits per heavy atom. The molecule has 3 heterocycles. The maximum absolute atomic E-state index is 12.1. The third-order valence-electron chi connectivity index (χ3n) is 2.95. The minimum atomic E-state index is -0.381. The summed E-state index contributed by atoms with van der Waals surface area (Å²) in [5.74, 6) is 1.47. The molecule has 23 heavy (non-hydrogen) atoms. The highest BCUT2D eigenvalue weighted by Gasteiger charge is 2.18. The van der Waals surface area contributed by atoms with Crippen molar-refractivity contribution >= 4 is 23.5 Å². The molecule has 3 rings (SSSR count). The van der Waals surface area contributed by atoms with Crippen LogP contribution in [0.15, 0.2) is 40.3 Å². The second-order valence-corrected chi connectivity index (χ2v) is 6.08. The number of aromatic nitrogens is 5. The third-order valence-corrected chi connectivity index (χ3v) is 3.91. The van der Waals surface area contributed by atoms with Gasteiger partial charge in [-0.15, -0.1) is 5.10 Å². The van der Waals surface area contributed by atoms with Crippen LogP contribution in [0.4, 0.5) is 5.82 Å². The number of nitrogens with one attached hydrogen (secondary N) is 2. The normalized spacial score (nSPS) is 12.1. The first-order chi connectivity index (χ1) is 11.1. The summed E-state index contributed by atoms with van der Waals surface area (Å²) in [5.41, 5.74) is 0.884. The lowest BCUT2D eigenvalue weighted by Crippen LogP contribution is -2.22. The van der Waals surface area contributed by atoms with Gasteiger partial charge in [-0.1, -0.05) is 16.9 Å². The molecule has 0 saturated carbocycles. The van der Waals surface area contributed by atoms with Crippen molar-refractivity contribution in [2.75, 3.05) is 5.32 Å². The zero-order valence-electron chi connectivity index (χ0n) is 12.5. The minimum absolute atomic E-state index is 0.196. The first-order valence-corrected chi connectivity index (χ1v) is 7.73. The summed E-state index contributed by atoms with van der Waals surface area (Å²) in [6, 6.07) is 5.32. The number of amides is 1. The van der Waals surface area contributed by atoms with Gasteiger partial charge in [-0.3, -0.25) is 14.9 Å². The molecular weight excluding hydrogens is 316 g/mol. The van der Waals surface area contributed by atoms with E-state index >= 15 is 0 Å². The Bertz CT molecular complexity index is 800. The van der Waals surface area contributed by atoms with Crippen LogP contribution in [0.1, 0.15) is 12.7 Å². The molecule has 3 aromatic heterocycles. The molecule has 0 aromatic carbocycles. The number of nitrogens with zero attached hydrogens (tertiary/aromatic N) is 4. The van der Waals surface area contributed by atoms with Crippen molar-refractivity contribution in [1.29, 1.82) is 0 Å². The number of aromatic amines is 1. The van der Waals surface area contributed by atoms with E-state index in [0.717, 1.165) is 5.56 Å². The molecule has 0 fully saturated rings. The monoisotopic (exact) mass is 330 g/mol. The summed E-state index contributed by atoms with van der Waals surface area (Å²) in [7, 11) is 0. The van der Waals surface area contributed by atoms with Crippen molar-refractivity contribution in [3.63, 3.8) is 0 Å². The van der Waals surface area contributed by atoms with Crippen molar-refractivity contribution in [3.05, 3.63) is 36.4 Å². The lowest BCUT2D eigenvalue weighted by atomic mass is 10.3. The largest absolute Gasteiger partial charge is 0.360 e. The lowest BCUT2D eigenvalue weighted by molar-refractivity contribution is -0.115. The molecule has 0 spiro atoms.